The van der Waals surface area contributed by atoms with Crippen molar-refractivity contribution in [3.05, 3.63) is 67.1 Å². The molecule has 9 nitrogen and oxygen atoms in total. The maximum atomic E-state index is 13.0. The minimum Gasteiger partial charge on any atom is -0.332 e. The average molecular weight is 461 g/mol. The van der Waals surface area contributed by atoms with Gasteiger partial charge in [-0.05, 0) is 43.2 Å². The van der Waals surface area contributed by atoms with E-state index in [4.69, 9.17) is 4.52 Å². The lowest BCUT2D eigenvalue weighted by Crippen LogP contribution is -2.21. The zero-order chi connectivity index (χ0) is 22.8. The lowest BCUT2D eigenvalue weighted by molar-refractivity contribution is -0.120. The van der Waals surface area contributed by atoms with Crippen molar-refractivity contribution in [2.24, 2.45) is 5.41 Å². The second-order valence-electron chi connectivity index (χ2n) is 8.01. The van der Waals surface area contributed by atoms with Gasteiger partial charge in [0.05, 0.1) is 11.1 Å². The van der Waals surface area contributed by atoms with E-state index in [9.17, 15) is 9.00 Å². The molecule has 1 fully saturated rings. The fraction of sp³-hybridized carbons (Fsp3) is 0.174. The van der Waals surface area contributed by atoms with Crippen LogP contribution in [-0.4, -0.2) is 30.2 Å². The molecule has 4 aromatic rings. The Morgan fingerprint density at radius 1 is 1.09 bits per heavy atom. The van der Waals surface area contributed by atoms with Gasteiger partial charge in [0.15, 0.2) is 0 Å². The molecule has 0 radical (unpaired) electrons. The van der Waals surface area contributed by atoms with Gasteiger partial charge >= 0.3 is 0 Å². The van der Waals surface area contributed by atoms with Gasteiger partial charge in [-0.2, -0.15) is 4.98 Å². The molecule has 2 heterocycles. The number of nitrogens with one attached hydrogen (secondary N) is 2. The summed E-state index contributed by atoms with van der Waals surface area (Å²) >= 11 is 0. The molecule has 0 saturated heterocycles. The Bertz CT molecular complexity index is 1340. The lowest BCUT2D eigenvalue weighted by atomic mass is 10.1. The van der Waals surface area contributed by atoms with Gasteiger partial charge in [-0.1, -0.05) is 30.3 Å². The van der Waals surface area contributed by atoms with Crippen molar-refractivity contribution in [1.29, 1.82) is 0 Å². The fourth-order valence-electron chi connectivity index (χ4n) is 3.13. The molecule has 1 saturated carbocycles. The van der Waals surface area contributed by atoms with E-state index in [0.717, 1.165) is 12.8 Å². The Hall–Kier alpha value is -3.92. The largest absolute Gasteiger partial charge is 0.332 e. The molecule has 1 amide bonds. The molecular formula is C23H20N6O3S. The second kappa shape index (κ2) is 8.55. The molecule has 1 aliphatic rings. The van der Waals surface area contributed by atoms with Crippen molar-refractivity contribution in [3.63, 3.8) is 0 Å². The van der Waals surface area contributed by atoms with Gasteiger partial charge in [-0.3, -0.25) is 9.78 Å². The summed E-state index contributed by atoms with van der Waals surface area (Å²) < 4.78 is 21.2. The van der Waals surface area contributed by atoms with Crippen molar-refractivity contribution in [1.82, 2.24) is 20.1 Å². The molecule has 1 atom stereocenters. The van der Waals surface area contributed by atoms with Crippen molar-refractivity contribution >= 4 is 28.3 Å². The minimum absolute atomic E-state index is 0.00874. The molecule has 1 aliphatic carbocycles. The van der Waals surface area contributed by atoms with Crippen LogP contribution in [0.2, 0.25) is 0 Å². The standard InChI is InChI=1S/C23H20N6O3S/c1-23(8-9-23)22(30)26-16-5-3-6-17(13-16)29-33(31)18-7-2-4-15(12-18)20-27-21(32-28-20)19-14-24-10-11-25-19/h2-7,10-14,29H,8-9H2,1H3,(H,26,30). The first-order chi connectivity index (χ1) is 16.0. The Morgan fingerprint density at radius 3 is 2.70 bits per heavy atom. The van der Waals surface area contributed by atoms with Crippen molar-refractivity contribution in [2.45, 2.75) is 24.7 Å². The number of nitrogens with zero attached hydrogens (tertiary/aromatic N) is 4. The van der Waals surface area contributed by atoms with Crippen LogP contribution in [0.1, 0.15) is 19.8 Å². The van der Waals surface area contributed by atoms with Crippen LogP contribution in [0.25, 0.3) is 23.0 Å². The van der Waals surface area contributed by atoms with Crippen LogP contribution in [0, 0.1) is 5.41 Å². The van der Waals surface area contributed by atoms with E-state index < -0.39 is 11.0 Å². The monoisotopic (exact) mass is 460 g/mol. The summed E-state index contributed by atoms with van der Waals surface area (Å²) in [7, 11) is -1.54. The predicted molar refractivity (Wildman–Crippen MR) is 123 cm³/mol. The molecule has 0 bridgehead atoms. The van der Waals surface area contributed by atoms with Crippen LogP contribution in [0.3, 0.4) is 0 Å². The molecule has 33 heavy (non-hydrogen) atoms. The van der Waals surface area contributed by atoms with E-state index >= 15 is 0 Å². The summed E-state index contributed by atoms with van der Waals surface area (Å²) in [5.41, 5.74) is 2.14. The summed E-state index contributed by atoms with van der Waals surface area (Å²) in [6.45, 7) is 1.95. The molecule has 166 valence electrons. The SMILES string of the molecule is CC1(C(=O)Nc2cccc(NS(=O)c3cccc(-c4noc(-c5cnccn5)n4)c3)c2)CC1. The maximum absolute atomic E-state index is 13.0. The molecule has 1 unspecified atom stereocenters. The zero-order valence-corrected chi connectivity index (χ0v) is 18.5. The Morgan fingerprint density at radius 2 is 1.91 bits per heavy atom. The molecule has 2 N–H and O–H groups in total. The Labute approximate surface area is 192 Å². The van der Waals surface area contributed by atoms with E-state index in [-0.39, 0.29) is 17.2 Å². The van der Waals surface area contributed by atoms with E-state index in [2.05, 4.69) is 30.1 Å². The number of carbonyl (C=O) groups is 1. The van der Waals surface area contributed by atoms with Crippen LogP contribution in [0.5, 0.6) is 0 Å². The zero-order valence-electron chi connectivity index (χ0n) is 17.7. The Balaban J connectivity index is 1.30. The van der Waals surface area contributed by atoms with Gasteiger partial charge < -0.3 is 14.6 Å². The number of hydrogen-bond acceptors (Lipinski definition) is 7. The number of amides is 1. The van der Waals surface area contributed by atoms with Gasteiger partial charge in [0, 0.05) is 34.7 Å². The van der Waals surface area contributed by atoms with Crippen LogP contribution in [0.15, 0.2) is 76.5 Å². The van der Waals surface area contributed by atoms with Crippen LogP contribution in [0.4, 0.5) is 11.4 Å². The third-order valence-electron chi connectivity index (χ3n) is 5.39. The number of aromatic nitrogens is 4. The highest BCUT2D eigenvalue weighted by Gasteiger charge is 2.44. The third-order valence-corrected chi connectivity index (χ3v) is 6.50. The van der Waals surface area contributed by atoms with Crippen molar-refractivity contribution < 1.29 is 13.5 Å². The van der Waals surface area contributed by atoms with E-state index in [1.165, 1.54) is 6.20 Å². The van der Waals surface area contributed by atoms with E-state index in [0.29, 0.717) is 33.4 Å². The normalized spacial score (nSPS) is 14.9. The van der Waals surface area contributed by atoms with Crippen molar-refractivity contribution in [2.75, 3.05) is 10.0 Å². The Kier molecular flexibility index (Phi) is 5.43. The topological polar surface area (TPSA) is 123 Å². The third kappa shape index (κ3) is 4.65. The highest BCUT2D eigenvalue weighted by atomic mass is 32.2. The van der Waals surface area contributed by atoms with Crippen LogP contribution < -0.4 is 10.0 Å². The summed E-state index contributed by atoms with van der Waals surface area (Å²) in [5.74, 6) is 0.615. The second-order valence-corrected chi connectivity index (χ2v) is 9.22. The van der Waals surface area contributed by atoms with Gasteiger partial charge in [0.2, 0.25) is 11.7 Å². The highest BCUT2D eigenvalue weighted by Crippen LogP contribution is 2.45. The molecular weight excluding hydrogens is 440 g/mol. The molecule has 2 aromatic carbocycles. The number of carbonyl (C=O) groups excluding carboxylic acids is 1. The summed E-state index contributed by atoms with van der Waals surface area (Å²) in [6.07, 6.45) is 6.44. The lowest BCUT2D eigenvalue weighted by Gasteiger charge is -2.12. The first-order valence-corrected chi connectivity index (χ1v) is 11.5. The number of rotatable bonds is 7. The quantitative estimate of drug-likeness (QED) is 0.426. The smallest absolute Gasteiger partial charge is 0.278 e. The molecule has 0 aliphatic heterocycles. The van der Waals surface area contributed by atoms with Crippen LogP contribution >= 0.6 is 0 Å². The predicted octanol–water partition coefficient (Wildman–Crippen LogP) is 4.07. The van der Waals surface area contributed by atoms with E-state index in [1.54, 1.807) is 54.9 Å². The molecule has 0 spiro atoms. The van der Waals surface area contributed by atoms with Crippen molar-refractivity contribution in [3.8, 4) is 23.0 Å². The number of benzene rings is 2. The molecule has 5 rings (SSSR count). The molecule has 2 aromatic heterocycles. The minimum atomic E-state index is -1.54. The average Bonchev–Trinajstić information content (AvgIpc) is 3.40. The fourth-order valence-corrected chi connectivity index (χ4v) is 4.02. The molecule has 10 heteroatoms. The summed E-state index contributed by atoms with van der Waals surface area (Å²) in [5, 5.41) is 6.93. The van der Waals surface area contributed by atoms with E-state index in [1.807, 2.05) is 13.0 Å². The number of anilines is 2. The highest BCUT2D eigenvalue weighted by molar-refractivity contribution is 7.86. The van der Waals surface area contributed by atoms with Gasteiger partial charge in [0.25, 0.3) is 5.89 Å². The van der Waals surface area contributed by atoms with Gasteiger partial charge in [-0.15, -0.1) is 0 Å². The van der Waals surface area contributed by atoms with Gasteiger partial charge in [0.1, 0.15) is 16.7 Å². The number of hydrogen-bond donors (Lipinski definition) is 2. The summed E-state index contributed by atoms with van der Waals surface area (Å²) in [4.78, 5) is 25.3. The first kappa shape index (κ1) is 21.0. The van der Waals surface area contributed by atoms with Crippen LogP contribution in [-0.2, 0) is 15.8 Å². The maximum Gasteiger partial charge on any atom is 0.278 e. The van der Waals surface area contributed by atoms with Gasteiger partial charge in [-0.25, -0.2) is 9.19 Å². The first-order valence-electron chi connectivity index (χ1n) is 10.3. The summed E-state index contributed by atoms with van der Waals surface area (Å²) in [6, 6.07) is 14.2.